The molecule has 70 valence electrons. The summed E-state index contributed by atoms with van der Waals surface area (Å²) in [6, 6.07) is 16.8. The molecule has 0 aromatic heterocycles. The van der Waals surface area contributed by atoms with Gasteiger partial charge in [0.25, 0.3) is 0 Å². The third-order valence-corrected chi connectivity index (χ3v) is 3.34. The van der Waals surface area contributed by atoms with Crippen molar-refractivity contribution in [3.63, 3.8) is 0 Å². The van der Waals surface area contributed by atoms with Crippen molar-refractivity contribution in [2.75, 3.05) is 0 Å². The smallest absolute Gasteiger partial charge is 0.0264 e. The number of benzene rings is 2. The molecule has 2 aromatic rings. The fraction of sp³-hybridized carbons (Fsp3) is 0. The Bertz CT molecular complexity index is 437. The van der Waals surface area contributed by atoms with Gasteiger partial charge in [0.05, 0.1) is 0 Å². The number of hydrogen-bond acceptors (Lipinski definition) is 0. The molecular formula is C12H8BrI. The van der Waals surface area contributed by atoms with Crippen LogP contribution in [0.4, 0.5) is 0 Å². The standard InChI is InChI=1S/C12H8BrI/c13-12-8-10(14)6-7-11(12)9-4-2-1-3-5-9/h1-8H. The van der Waals surface area contributed by atoms with Gasteiger partial charge in [-0.15, -0.1) is 0 Å². The highest BCUT2D eigenvalue weighted by atomic mass is 127. The summed E-state index contributed by atoms with van der Waals surface area (Å²) in [5.74, 6) is 0. The van der Waals surface area contributed by atoms with Gasteiger partial charge in [0, 0.05) is 8.04 Å². The fourth-order valence-electron chi connectivity index (χ4n) is 1.34. The fourth-order valence-corrected chi connectivity index (χ4v) is 2.87. The summed E-state index contributed by atoms with van der Waals surface area (Å²) in [7, 11) is 0. The first-order chi connectivity index (χ1) is 6.77. The second kappa shape index (κ2) is 4.45. The van der Waals surface area contributed by atoms with Crippen LogP contribution < -0.4 is 0 Å². The molecule has 0 amide bonds. The van der Waals surface area contributed by atoms with Crippen molar-refractivity contribution >= 4 is 38.5 Å². The van der Waals surface area contributed by atoms with E-state index in [4.69, 9.17) is 0 Å². The minimum absolute atomic E-state index is 1.15. The van der Waals surface area contributed by atoms with Crippen molar-refractivity contribution in [2.24, 2.45) is 0 Å². The average molecular weight is 359 g/mol. The van der Waals surface area contributed by atoms with Crippen LogP contribution in [-0.4, -0.2) is 0 Å². The van der Waals surface area contributed by atoms with E-state index < -0.39 is 0 Å². The molecule has 0 saturated carbocycles. The van der Waals surface area contributed by atoms with Crippen molar-refractivity contribution in [1.29, 1.82) is 0 Å². The van der Waals surface area contributed by atoms with Crippen molar-refractivity contribution in [2.45, 2.75) is 0 Å². The molecule has 0 aliphatic heterocycles. The molecule has 0 nitrogen and oxygen atoms in total. The normalized spacial score (nSPS) is 10.1. The van der Waals surface area contributed by atoms with Crippen molar-refractivity contribution < 1.29 is 0 Å². The Labute approximate surface area is 106 Å². The molecule has 0 aliphatic carbocycles. The monoisotopic (exact) mass is 358 g/mol. The van der Waals surface area contributed by atoms with Gasteiger partial charge in [-0.05, 0) is 45.9 Å². The van der Waals surface area contributed by atoms with Gasteiger partial charge in [-0.1, -0.05) is 52.3 Å². The highest BCUT2D eigenvalue weighted by molar-refractivity contribution is 14.1. The van der Waals surface area contributed by atoms with E-state index in [1.807, 2.05) is 6.07 Å². The van der Waals surface area contributed by atoms with E-state index >= 15 is 0 Å². The quantitative estimate of drug-likeness (QED) is 0.647. The maximum atomic E-state index is 3.58. The van der Waals surface area contributed by atoms with Gasteiger partial charge < -0.3 is 0 Å². The molecule has 0 radical (unpaired) electrons. The van der Waals surface area contributed by atoms with Gasteiger partial charge in [0.2, 0.25) is 0 Å². The van der Waals surface area contributed by atoms with E-state index in [-0.39, 0.29) is 0 Å². The van der Waals surface area contributed by atoms with E-state index in [0.717, 1.165) is 4.47 Å². The topological polar surface area (TPSA) is 0 Å². The van der Waals surface area contributed by atoms with E-state index in [0.29, 0.717) is 0 Å². The van der Waals surface area contributed by atoms with Gasteiger partial charge in [-0.3, -0.25) is 0 Å². The van der Waals surface area contributed by atoms with Crippen LogP contribution in [0, 0.1) is 3.57 Å². The zero-order chi connectivity index (χ0) is 9.97. The number of hydrogen-bond donors (Lipinski definition) is 0. The maximum Gasteiger partial charge on any atom is 0.0264 e. The van der Waals surface area contributed by atoms with Crippen molar-refractivity contribution in [3.8, 4) is 11.1 Å². The second-order valence-corrected chi connectivity index (χ2v) is 5.09. The summed E-state index contributed by atoms with van der Waals surface area (Å²) < 4.78 is 2.39. The number of rotatable bonds is 1. The van der Waals surface area contributed by atoms with Crippen LogP contribution in [-0.2, 0) is 0 Å². The summed E-state index contributed by atoms with van der Waals surface area (Å²) in [6.45, 7) is 0. The third-order valence-electron chi connectivity index (χ3n) is 2.02. The highest BCUT2D eigenvalue weighted by Gasteiger charge is 2.01. The van der Waals surface area contributed by atoms with E-state index in [1.165, 1.54) is 14.7 Å². The molecule has 0 heterocycles. The first-order valence-corrected chi connectivity index (χ1v) is 6.15. The average Bonchev–Trinajstić information content (AvgIpc) is 2.19. The predicted molar refractivity (Wildman–Crippen MR) is 72.3 cm³/mol. The number of halogens is 2. The first kappa shape index (κ1) is 10.2. The molecule has 0 unspecified atom stereocenters. The zero-order valence-corrected chi connectivity index (χ0v) is 11.1. The molecule has 0 bridgehead atoms. The van der Waals surface area contributed by atoms with Gasteiger partial charge in [-0.25, -0.2) is 0 Å². The van der Waals surface area contributed by atoms with Gasteiger partial charge in [0.1, 0.15) is 0 Å². The molecular weight excluding hydrogens is 351 g/mol. The molecule has 0 fully saturated rings. The first-order valence-electron chi connectivity index (χ1n) is 4.28. The third kappa shape index (κ3) is 2.17. The Balaban J connectivity index is 2.53. The van der Waals surface area contributed by atoms with Gasteiger partial charge in [0.15, 0.2) is 0 Å². The zero-order valence-electron chi connectivity index (χ0n) is 7.37. The highest BCUT2D eigenvalue weighted by Crippen LogP contribution is 2.29. The Kier molecular flexibility index (Phi) is 3.23. The Morgan fingerprint density at radius 2 is 1.64 bits per heavy atom. The molecule has 0 saturated heterocycles. The summed E-state index contributed by atoms with van der Waals surface area (Å²) in [5, 5.41) is 0. The SMILES string of the molecule is Brc1cc(I)ccc1-c1ccccc1. The van der Waals surface area contributed by atoms with Crippen molar-refractivity contribution in [1.82, 2.24) is 0 Å². The lowest BCUT2D eigenvalue weighted by atomic mass is 10.1. The van der Waals surface area contributed by atoms with Crippen LogP contribution in [0.1, 0.15) is 0 Å². The lowest BCUT2D eigenvalue weighted by Crippen LogP contribution is -1.80. The summed E-state index contributed by atoms with van der Waals surface area (Å²) >= 11 is 5.89. The molecule has 14 heavy (non-hydrogen) atoms. The summed E-state index contributed by atoms with van der Waals surface area (Å²) in [4.78, 5) is 0. The van der Waals surface area contributed by atoms with Crippen LogP contribution in [0.25, 0.3) is 11.1 Å². The summed E-state index contributed by atoms with van der Waals surface area (Å²) in [6.07, 6.45) is 0. The van der Waals surface area contributed by atoms with E-state index in [1.54, 1.807) is 0 Å². The maximum absolute atomic E-state index is 3.58. The molecule has 0 spiro atoms. The molecule has 2 rings (SSSR count). The molecule has 2 aromatic carbocycles. The van der Waals surface area contributed by atoms with Crippen LogP contribution in [0.15, 0.2) is 53.0 Å². The van der Waals surface area contributed by atoms with Crippen LogP contribution in [0.5, 0.6) is 0 Å². The van der Waals surface area contributed by atoms with E-state index in [9.17, 15) is 0 Å². The minimum Gasteiger partial charge on any atom is -0.0622 e. The van der Waals surface area contributed by atoms with Crippen LogP contribution in [0.3, 0.4) is 0 Å². The molecule has 2 heteroatoms. The van der Waals surface area contributed by atoms with Gasteiger partial charge >= 0.3 is 0 Å². The Morgan fingerprint density at radius 1 is 0.929 bits per heavy atom. The lowest BCUT2D eigenvalue weighted by molar-refractivity contribution is 1.55. The largest absolute Gasteiger partial charge is 0.0622 e. The van der Waals surface area contributed by atoms with E-state index in [2.05, 4.69) is 81.0 Å². The lowest BCUT2D eigenvalue weighted by Gasteiger charge is -2.04. The predicted octanol–water partition coefficient (Wildman–Crippen LogP) is 4.72. The van der Waals surface area contributed by atoms with Gasteiger partial charge in [-0.2, -0.15) is 0 Å². The Hall–Kier alpha value is -0.350. The van der Waals surface area contributed by atoms with Crippen LogP contribution in [0.2, 0.25) is 0 Å². The molecule has 0 atom stereocenters. The van der Waals surface area contributed by atoms with Crippen molar-refractivity contribution in [3.05, 3.63) is 56.6 Å². The molecule has 0 aliphatic rings. The second-order valence-electron chi connectivity index (χ2n) is 2.99. The Morgan fingerprint density at radius 3 is 2.29 bits per heavy atom. The minimum atomic E-state index is 1.15. The van der Waals surface area contributed by atoms with Crippen LogP contribution >= 0.6 is 38.5 Å². The molecule has 0 N–H and O–H groups in total. The summed E-state index contributed by atoms with van der Waals surface area (Å²) in [5.41, 5.74) is 2.49.